The van der Waals surface area contributed by atoms with Crippen LogP contribution in [-0.4, -0.2) is 51.2 Å². The Labute approximate surface area is 139 Å². The standard InChI is InChI=1S/C18H30N4O/c1-22-13-9-16(10-14-22)8-12-21-18(19)20-11-7-15-3-5-17(23-2)6-4-15/h3-6,16H,7-14H2,1-2H3,(H3,19,20,21). The molecule has 0 bridgehead atoms. The van der Waals surface area contributed by atoms with Crippen molar-refractivity contribution in [2.75, 3.05) is 40.3 Å². The monoisotopic (exact) mass is 318 g/mol. The summed E-state index contributed by atoms with van der Waals surface area (Å²) in [5, 5.41) is 3.19. The summed E-state index contributed by atoms with van der Waals surface area (Å²) in [4.78, 5) is 6.84. The molecule has 1 fully saturated rings. The maximum Gasteiger partial charge on any atom is 0.188 e. The van der Waals surface area contributed by atoms with Gasteiger partial charge < -0.3 is 20.7 Å². The molecular formula is C18H30N4O. The van der Waals surface area contributed by atoms with Crippen molar-refractivity contribution >= 4 is 5.96 Å². The van der Waals surface area contributed by atoms with Crippen LogP contribution >= 0.6 is 0 Å². The van der Waals surface area contributed by atoms with Crippen molar-refractivity contribution in [3.05, 3.63) is 29.8 Å². The Morgan fingerprint density at radius 1 is 1.30 bits per heavy atom. The van der Waals surface area contributed by atoms with Gasteiger partial charge in [0.05, 0.1) is 7.11 Å². The van der Waals surface area contributed by atoms with E-state index in [1.807, 2.05) is 12.1 Å². The first-order chi connectivity index (χ1) is 11.2. The van der Waals surface area contributed by atoms with Crippen LogP contribution in [0.5, 0.6) is 5.75 Å². The summed E-state index contributed by atoms with van der Waals surface area (Å²) >= 11 is 0. The fourth-order valence-electron chi connectivity index (χ4n) is 2.90. The SMILES string of the molecule is COc1ccc(CCNC(N)=NCCC2CCN(C)CC2)cc1. The van der Waals surface area contributed by atoms with Crippen molar-refractivity contribution < 1.29 is 4.74 Å². The number of guanidine groups is 1. The van der Waals surface area contributed by atoms with Crippen LogP contribution in [-0.2, 0) is 6.42 Å². The van der Waals surface area contributed by atoms with E-state index in [0.29, 0.717) is 5.96 Å². The van der Waals surface area contributed by atoms with Crippen molar-refractivity contribution in [1.29, 1.82) is 0 Å². The Balaban J connectivity index is 1.60. The zero-order chi connectivity index (χ0) is 16.5. The lowest BCUT2D eigenvalue weighted by Gasteiger charge is -2.28. The van der Waals surface area contributed by atoms with E-state index in [4.69, 9.17) is 10.5 Å². The summed E-state index contributed by atoms with van der Waals surface area (Å²) in [5.74, 6) is 2.25. The van der Waals surface area contributed by atoms with Gasteiger partial charge in [0.15, 0.2) is 5.96 Å². The van der Waals surface area contributed by atoms with Crippen LogP contribution < -0.4 is 15.8 Å². The maximum absolute atomic E-state index is 5.93. The Morgan fingerprint density at radius 2 is 2.00 bits per heavy atom. The van der Waals surface area contributed by atoms with Crippen molar-refractivity contribution in [2.45, 2.75) is 25.7 Å². The second kappa shape index (κ2) is 9.40. The van der Waals surface area contributed by atoms with E-state index in [1.165, 1.54) is 31.5 Å². The van der Waals surface area contributed by atoms with Gasteiger partial charge in [-0.1, -0.05) is 12.1 Å². The number of nitrogens with two attached hydrogens (primary N) is 1. The molecule has 1 saturated heterocycles. The molecular weight excluding hydrogens is 288 g/mol. The van der Waals surface area contributed by atoms with E-state index < -0.39 is 0 Å². The molecule has 5 nitrogen and oxygen atoms in total. The fourth-order valence-corrected chi connectivity index (χ4v) is 2.90. The normalized spacial score (nSPS) is 17.2. The Bertz CT molecular complexity index is 478. The van der Waals surface area contributed by atoms with Crippen LogP contribution in [0.2, 0.25) is 0 Å². The molecule has 0 aliphatic carbocycles. The van der Waals surface area contributed by atoms with Gasteiger partial charge in [-0.3, -0.25) is 4.99 Å². The highest BCUT2D eigenvalue weighted by Crippen LogP contribution is 2.19. The highest BCUT2D eigenvalue weighted by Gasteiger charge is 2.15. The molecule has 0 spiro atoms. The molecule has 0 saturated carbocycles. The minimum Gasteiger partial charge on any atom is -0.497 e. The average molecular weight is 318 g/mol. The molecule has 0 aromatic heterocycles. The molecule has 0 radical (unpaired) electrons. The van der Waals surface area contributed by atoms with Gasteiger partial charge in [0.1, 0.15) is 5.75 Å². The maximum atomic E-state index is 5.93. The lowest BCUT2D eigenvalue weighted by atomic mass is 9.94. The summed E-state index contributed by atoms with van der Waals surface area (Å²) in [6.45, 7) is 4.06. The number of hydrogen-bond acceptors (Lipinski definition) is 3. The van der Waals surface area contributed by atoms with E-state index in [-0.39, 0.29) is 0 Å². The highest BCUT2D eigenvalue weighted by molar-refractivity contribution is 5.77. The number of rotatable bonds is 7. The zero-order valence-corrected chi connectivity index (χ0v) is 14.4. The van der Waals surface area contributed by atoms with Gasteiger partial charge in [0, 0.05) is 13.1 Å². The smallest absolute Gasteiger partial charge is 0.188 e. The van der Waals surface area contributed by atoms with Gasteiger partial charge in [-0.15, -0.1) is 0 Å². The number of methoxy groups -OCH3 is 1. The summed E-state index contributed by atoms with van der Waals surface area (Å²) in [6.07, 6.45) is 4.65. The first-order valence-electron chi connectivity index (χ1n) is 8.52. The van der Waals surface area contributed by atoms with Gasteiger partial charge in [0.25, 0.3) is 0 Å². The van der Waals surface area contributed by atoms with Gasteiger partial charge in [-0.05, 0) is 69.4 Å². The Kier molecular flexibility index (Phi) is 7.20. The highest BCUT2D eigenvalue weighted by atomic mass is 16.5. The lowest BCUT2D eigenvalue weighted by Crippen LogP contribution is -2.34. The molecule has 1 aromatic carbocycles. The average Bonchev–Trinajstić information content (AvgIpc) is 2.57. The minimum atomic E-state index is 0.562. The third-order valence-electron chi connectivity index (χ3n) is 4.54. The molecule has 3 N–H and O–H groups in total. The van der Waals surface area contributed by atoms with Crippen molar-refractivity contribution in [1.82, 2.24) is 10.2 Å². The van der Waals surface area contributed by atoms with Crippen LogP contribution in [0.3, 0.4) is 0 Å². The second-order valence-corrected chi connectivity index (χ2v) is 6.33. The zero-order valence-electron chi connectivity index (χ0n) is 14.4. The largest absolute Gasteiger partial charge is 0.497 e. The van der Waals surface area contributed by atoms with Crippen molar-refractivity contribution in [3.8, 4) is 5.75 Å². The molecule has 0 atom stereocenters. The lowest BCUT2D eigenvalue weighted by molar-refractivity contribution is 0.214. The first-order valence-corrected chi connectivity index (χ1v) is 8.52. The Morgan fingerprint density at radius 3 is 2.65 bits per heavy atom. The molecule has 23 heavy (non-hydrogen) atoms. The van der Waals surface area contributed by atoms with Crippen LogP contribution in [0.1, 0.15) is 24.8 Å². The van der Waals surface area contributed by atoms with Gasteiger partial charge in [-0.25, -0.2) is 0 Å². The quantitative estimate of drug-likeness (QED) is 0.595. The predicted molar refractivity (Wildman–Crippen MR) is 96.0 cm³/mol. The van der Waals surface area contributed by atoms with Gasteiger partial charge >= 0.3 is 0 Å². The number of benzene rings is 1. The third-order valence-corrected chi connectivity index (χ3v) is 4.54. The number of hydrogen-bond donors (Lipinski definition) is 2. The number of piperidine rings is 1. The number of likely N-dealkylation sites (tertiary alicyclic amines) is 1. The molecule has 5 heteroatoms. The summed E-state index contributed by atoms with van der Waals surface area (Å²) in [6, 6.07) is 8.12. The van der Waals surface area contributed by atoms with Crippen molar-refractivity contribution in [3.63, 3.8) is 0 Å². The van der Waals surface area contributed by atoms with E-state index in [9.17, 15) is 0 Å². The van der Waals surface area contributed by atoms with Crippen LogP contribution in [0.4, 0.5) is 0 Å². The van der Waals surface area contributed by atoms with Crippen LogP contribution in [0.15, 0.2) is 29.3 Å². The van der Waals surface area contributed by atoms with E-state index in [0.717, 1.165) is 37.6 Å². The first kappa shape index (κ1) is 17.6. The van der Waals surface area contributed by atoms with Crippen LogP contribution in [0, 0.1) is 5.92 Å². The molecule has 1 aliphatic heterocycles. The topological polar surface area (TPSA) is 62.9 Å². The summed E-state index contributed by atoms with van der Waals surface area (Å²) < 4.78 is 5.15. The number of aliphatic imine (C=N–C) groups is 1. The molecule has 0 amide bonds. The van der Waals surface area contributed by atoms with Crippen LogP contribution in [0.25, 0.3) is 0 Å². The molecule has 1 heterocycles. The van der Waals surface area contributed by atoms with Gasteiger partial charge in [0.2, 0.25) is 0 Å². The predicted octanol–water partition coefficient (Wildman–Crippen LogP) is 1.87. The number of ether oxygens (including phenoxy) is 1. The van der Waals surface area contributed by atoms with Crippen molar-refractivity contribution in [2.24, 2.45) is 16.6 Å². The molecule has 0 unspecified atom stereocenters. The molecule has 1 aromatic rings. The fraction of sp³-hybridized carbons (Fsp3) is 0.611. The molecule has 128 valence electrons. The third kappa shape index (κ3) is 6.48. The van der Waals surface area contributed by atoms with E-state index in [1.54, 1.807) is 7.11 Å². The summed E-state index contributed by atoms with van der Waals surface area (Å²) in [7, 11) is 3.87. The molecule has 2 rings (SSSR count). The van der Waals surface area contributed by atoms with E-state index in [2.05, 4.69) is 34.4 Å². The number of nitrogens with zero attached hydrogens (tertiary/aromatic N) is 2. The van der Waals surface area contributed by atoms with E-state index >= 15 is 0 Å². The van der Waals surface area contributed by atoms with Gasteiger partial charge in [-0.2, -0.15) is 0 Å². The summed E-state index contributed by atoms with van der Waals surface area (Å²) in [5.41, 5.74) is 7.19. The Hall–Kier alpha value is -1.75. The minimum absolute atomic E-state index is 0.562. The second-order valence-electron chi connectivity index (χ2n) is 6.33. The molecule has 1 aliphatic rings. The number of nitrogens with one attached hydrogen (secondary N) is 1.